The second-order valence-corrected chi connectivity index (χ2v) is 5.84. The first-order chi connectivity index (χ1) is 11.8. The summed E-state index contributed by atoms with van der Waals surface area (Å²) in [6, 6.07) is 8.16. The number of pyridine rings is 1. The van der Waals surface area contributed by atoms with E-state index in [4.69, 9.17) is 0 Å². The van der Waals surface area contributed by atoms with Gasteiger partial charge in [0, 0.05) is 18.0 Å². The molecule has 0 amide bonds. The highest BCUT2D eigenvalue weighted by atomic mass is 19.4. The Balaban J connectivity index is 1.92. The third-order valence-corrected chi connectivity index (χ3v) is 3.80. The first-order valence-corrected chi connectivity index (χ1v) is 7.46. The number of alkyl halides is 3. The lowest BCUT2D eigenvalue weighted by atomic mass is 9.94. The molecule has 2 aromatic heterocycles. The minimum Gasteiger partial charge on any atom is -0.384 e. The zero-order valence-corrected chi connectivity index (χ0v) is 13.3. The zero-order chi connectivity index (χ0) is 18.1. The average molecular weight is 348 g/mol. The molecule has 1 atom stereocenters. The number of aliphatic hydroxyl groups is 1. The molecule has 0 bridgehead atoms. The highest BCUT2D eigenvalue weighted by Crippen LogP contribution is 2.33. The van der Waals surface area contributed by atoms with Crippen molar-refractivity contribution in [1.82, 2.24) is 19.7 Å². The Morgan fingerprint density at radius 2 is 1.88 bits per heavy atom. The molecule has 1 aromatic carbocycles. The van der Waals surface area contributed by atoms with Crippen LogP contribution in [0.4, 0.5) is 13.2 Å². The van der Waals surface area contributed by atoms with E-state index < -0.39 is 17.3 Å². The highest BCUT2D eigenvalue weighted by Gasteiger charge is 2.33. The molecule has 1 N–H and O–H groups in total. The largest absolute Gasteiger partial charge is 0.416 e. The summed E-state index contributed by atoms with van der Waals surface area (Å²) < 4.78 is 40.1. The first-order valence-electron chi connectivity index (χ1n) is 7.46. The van der Waals surface area contributed by atoms with E-state index >= 15 is 0 Å². The Kier molecular flexibility index (Phi) is 4.30. The predicted molar refractivity (Wildman–Crippen MR) is 84.3 cm³/mol. The third kappa shape index (κ3) is 3.69. The molecule has 0 aliphatic rings. The summed E-state index contributed by atoms with van der Waals surface area (Å²) in [4.78, 5) is 8.15. The van der Waals surface area contributed by atoms with Gasteiger partial charge >= 0.3 is 6.18 Å². The summed E-state index contributed by atoms with van der Waals surface area (Å²) in [5.41, 5.74) is -1.53. The fourth-order valence-electron chi connectivity index (χ4n) is 2.51. The van der Waals surface area contributed by atoms with Gasteiger partial charge in [0.15, 0.2) is 5.82 Å². The van der Waals surface area contributed by atoms with Crippen LogP contribution in [0.1, 0.15) is 18.1 Å². The molecule has 0 saturated heterocycles. The van der Waals surface area contributed by atoms with Crippen LogP contribution in [0.3, 0.4) is 0 Å². The summed E-state index contributed by atoms with van der Waals surface area (Å²) in [5.74, 6) is 0.473. The average Bonchev–Trinajstić information content (AvgIpc) is 3.02. The highest BCUT2D eigenvalue weighted by molar-refractivity contribution is 5.52. The molecule has 2 heterocycles. The van der Waals surface area contributed by atoms with Gasteiger partial charge in [-0.05, 0) is 36.8 Å². The Bertz CT molecular complexity index is 860. The number of aromatic nitrogens is 4. The van der Waals surface area contributed by atoms with E-state index in [1.165, 1.54) is 30.1 Å². The molecule has 0 radical (unpaired) electrons. The van der Waals surface area contributed by atoms with E-state index in [1.807, 2.05) is 0 Å². The topological polar surface area (TPSA) is 63.8 Å². The molecule has 25 heavy (non-hydrogen) atoms. The fourth-order valence-corrected chi connectivity index (χ4v) is 2.51. The zero-order valence-electron chi connectivity index (χ0n) is 13.3. The Labute approximate surface area is 141 Å². The van der Waals surface area contributed by atoms with Crippen LogP contribution in [0.25, 0.3) is 11.4 Å². The van der Waals surface area contributed by atoms with Gasteiger partial charge in [0.25, 0.3) is 0 Å². The SMILES string of the molecule is C[C@@](O)(Cn1ncnc1-c1cccnc1)c1cccc(C(F)(F)F)c1. The number of halogens is 3. The van der Waals surface area contributed by atoms with Crippen molar-refractivity contribution in [1.29, 1.82) is 0 Å². The van der Waals surface area contributed by atoms with Gasteiger partial charge in [0.2, 0.25) is 0 Å². The van der Waals surface area contributed by atoms with Crippen LogP contribution in [0.15, 0.2) is 55.1 Å². The van der Waals surface area contributed by atoms with Gasteiger partial charge in [-0.2, -0.15) is 18.3 Å². The van der Waals surface area contributed by atoms with Gasteiger partial charge in [0.1, 0.15) is 11.9 Å². The molecule has 0 fully saturated rings. The summed E-state index contributed by atoms with van der Waals surface area (Å²) in [6.45, 7) is 1.38. The molecule has 0 saturated carbocycles. The van der Waals surface area contributed by atoms with Crippen LogP contribution in [0.2, 0.25) is 0 Å². The van der Waals surface area contributed by atoms with Crippen molar-refractivity contribution in [3.63, 3.8) is 0 Å². The second kappa shape index (κ2) is 6.29. The smallest absolute Gasteiger partial charge is 0.384 e. The third-order valence-electron chi connectivity index (χ3n) is 3.80. The van der Waals surface area contributed by atoms with E-state index in [0.29, 0.717) is 11.4 Å². The number of benzene rings is 1. The lowest BCUT2D eigenvalue weighted by Crippen LogP contribution is -2.29. The van der Waals surface area contributed by atoms with Gasteiger partial charge in [-0.25, -0.2) is 9.67 Å². The summed E-state index contributed by atoms with van der Waals surface area (Å²) >= 11 is 0. The maximum atomic E-state index is 12.9. The van der Waals surface area contributed by atoms with Crippen LogP contribution in [-0.2, 0) is 18.3 Å². The Hall–Kier alpha value is -2.74. The normalized spacial score (nSPS) is 14.3. The number of nitrogens with zero attached hydrogens (tertiary/aromatic N) is 4. The van der Waals surface area contributed by atoms with Crippen LogP contribution >= 0.6 is 0 Å². The van der Waals surface area contributed by atoms with Crippen molar-refractivity contribution in [3.05, 3.63) is 66.2 Å². The van der Waals surface area contributed by atoms with Crippen LogP contribution in [0, 0.1) is 0 Å². The van der Waals surface area contributed by atoms with Crippen LogP contribution < -0.4 is 0 Å². The molecule has 3 aromatic rings. The van der Waals surface area contributed by atoms with Gasteiger partial charge < -0.3 is 5.11 Å². The van der Waals surface area contributed by atoms with E-state index in [9.17, 15) is 18.3 Å². The van der Waals surface area contributed by atoms with Crippen molar-refractivity contribution < 1.29 is 18.3 Å². The quantitative estimate of drug-likeness (QED) is 0.786. The molecule has 0 aliphatic carbocycles. The molecule has 3 rings (SSSR count). The number of hydrogen-bond acceptors (Lipinski definition) is 4. The van der Waals surface area contributed by atoms with Gasteiger partial charge in [0.05, 0.1) is 12.1 Å². The summed E-state index contributed by atoms with van der Waals surface area (Å²) in [5, 5.41) is 14.8. The monoisotopic (exact) mass is 348 g/mol. The molecular formula is C17H15F3N4O. The van der Waals surface area contributed by atoms with Crippen molar-refractivity contribution in [2.75, 3.05) is 0 Å². The minimum absolute atomic E-state index is 0.0570. The molecule has 130 valence electrons. The van der Waals surface area contributed by atoms with Crippen molar-refractivity contribution in [3.8, 4) is 11.4 Å². The van der Waals surface area contributed by atoms with Gasteiger partial charge in [-0.15, -0.1) is 0 Å². The lowest BCUT2D eigenvalue weighted by Gasteiger charge is -2.25. The molecule has 0 spiro atoms. The van der Waals surface area contributed by atoms with Gasteiger partial charge in [-0.1, -0.05) is 12.1 Å². The van der Waals surface area contributed by atoms with E-state index in [1.54, 1.807) is 24.5 Å². The maximum absolute atomic E-state index is 12.9. The Morgan fingerprint density at radius 1 is 1.12 bits per heavy atom. The maximum Gasteiger partial charge on any atom is 0.416 e. The minimum atomic E-state index is -4.47. The molecular weight excluding hydrogens is 333 g/mol. The fraction of sp³-hybridized carbons (Fsp3) is 0.235. The van der Waals surface area contributed by atoms with E-state index in [0.717, 1.165) is 12.1 Å². The second-order valence-electron chi connectivity index (χ2n) is 5.84. The number of hydrogen-bond donors (Lipinski definition) is 1. The van der Waals surface area contributed by atoms with Crippen molar-refractivity contribution in [2.45, 2.75) is 25.2 Å². The summed E-state index contributed by atoms with van der Waals surface area (Å²) in [6.07, 6.45) is 0.0628. The van der Waals surface area contributed by atoms with Crippen LogP contribution in [-0.4, -0.2) is 24.9 Å². The van der Waals surface area contributed by atoms with Gasteiger partial charge in [-0.3, -0.25) is 4.98 Å². The van der Waals surface area contributed by atoms with E-state index in [2.05, 4.69) is 15.1 Å². The predicted octanol–water partition coefficient (Wildman–Crippen LogP) is 3.27. The summed E-state index contributed by atoms with van der Waals surface area (Å²) in [7, 11) is 0. The van der Waals surface area contributed by atoms with Crippen LogP contribution in [0.5, 0.6) is 0 Å². The molecule has 8 heteroatoms. The lowest BCUT2D eigenvalue weighted by molar-refractivity contribution is -0.137. The molecule has 0 aliphatic heterocycles. The van der Waals surface area contributed by atoms with E-state index in [-0.39, 0.29) is 12.1 Å². The molecule has 0 unspecified atom stereocenters. The first kappa shape index (κ1) is 17.1. The number of rotatable bonds is 4. The van der Waals surface area contributed by atoms with Crippen molar-refractivity contribution >= 4 is 0 Å². The van der Waals surface area contributed by atoms with Crippen molar-refractivity contribution in [2.24, 2.45) is 0 Å². The Morgan fingerprint density at radius 3 is 2.56 bits per heavy atom. The standard InChI is InChI=1S/C17H15F3N4O/c1-16(25,13-5-2-6-14(8-13)17(18,19)20)10-24-15(22-11-23-24)12-4-3-7-21-9-12/h2-9,11,25H,10H2,1H3/t16-/m1/s1. The molecule has 5 nitrogen and oxygen atoms in total.